The largest absolute Gasteiger partial charge is 0.310 e. The average Bonchev–Trinajstić information content (AvgIpc) is 2.48. The van der Waals surface area contributed by atoms with E-state index in [1.165, 1.54) is 11.1 Å². The van der Waals surface area contributed by atoms with E-state index in [9.17, 15) is 0 Å². The van der Waals surface area contributed by atoms with E-state index >= 15 is 0 Å². The number of nitrogens with one attached hydrogen (secondary N) is 1. The van der Waals surface area contributed by atoms with Gasteiger partial charge < -0.3 is 5.32 Å². The van der Waals surface area contributed by atoms with Gasteiger partial charge in [-0.25, -0.2) is 0 Å². The molecule has 1 nitrogen and oxygen atoms in total. The van der Waals surface area contributed by atoms with Gasteiger partial charge in [-0.05, 0) is 60.8 Å². The van der Waals surface area contributed by atoms with Gasteiger partial charge in [-0.1, -0.05) is 62.5 Å². The number of rotatable bonds is 6. The molecule has 1 N–H and O–H groups in total. The van der Waals surface area contributed by atoms with Gasteiger partial charge in [-0.2, -0.15) is 0 Å². The van der Waals surface area contributed by atoms with Crippen LogP contribution in [0.5, 0.6) is 0 Å². The van der Waals surface area contributed by atoms with E-state index in [0.29, 0.717) is 0 Å². The lowest BCUT2D eigenvalue weighted by molar-refractivity contribution is 0.527. The van der Waals surface area contributed by atoms with E-state index in [4.69, 9.17) is 11.6 Å². The molecule has 0 saturated carbocycles. The zero-order valence-corrected chi connectivity index (χ0v) is 15.8. The predicted octanol–water partition coefficient (Wildman–Crippen LogP) is 6.15. The average molecular weight is 432 g/mol. The first-order chi connectivity index (χ1) is 10.1. The van der Waals surface area contributed by atoms with Crippen molar-refractivity contribution in [2.75, 3.05) is 6.54 Å². The Hall–Kier alpha value is -0.350. The van der Waals surface area contributed by atoms with Gasteiger partial charge in [0.25, 0.3) is 0 Å². The van der Waals surface area contributed by atoms with Gasteiger partial charge in [0.15, 0.2) is 0 Å². The quantitative estimate of drug-likeness (QED) is 0.579. The van der Waals surface area contributed by atoms with Crippen molar-refractivity contribution in [3.8, 4) is 0 Å². The molecule has 21 heavy (non-hydrogen) atoms. The van der Waals surface area contributed by atoms with Crippen LogP contribution in [0, 0.1) is 0 Å². The molecule has 0 saturated heterocycles. The zero-order chi connectivity index (χ0) is 15.2. The van der Waals surface area contributed by atoms with E-state index in [1.54, 1.807) is 0 Å². The molecular formula is C17H18Br2ClN. The van der Waals surface area contributed by atoms with E-state index in [0.717, 1.165) is 33.4 Å². The lowest BCUT2D eigenvalue weighted by atomic mass is 9.98. The van der Waals surface area contributed by atoms with Crippen molar-refractivity contribution >= 4 is 43.5 Å². The molecule has 2 rings (SSSR count). The van der Waals surface area contributed by atoms with Crippen molar-refractivity contribution < 1.29 is 0 Å². The normalized spacial score (nSPS) is 12.4. The highest BCUT2D eigenvalue weighted by molar-refractivity contribution is 9.10. The second-order valence-corrected chi connectivity index (χ2v) is 7.21. The van der Waals surface area contributed by atoms with Gasteiger partial charge in [0.1, 0.15) is 0 Å². The van der Waals surface area contributed by atoms with Crippen LogP contribution in [0.3, 0.4) is 0 Å². The topological polar surface area (TPSA) is 12.0 Å². The second-order valence-electron chi connectivity index (χ2n) is 5.00. The fraction of sp³-hybridized carbons (Fsp3) is 0.294. The summed E-state index contributed by atoms with van der Waals surface area (Å²) in [6, 6.07) is 14.7. The fourth-order valence-corrected chi connectivity index (χ4v) is 3.22. The lowest BCUT2D eigenvalue weighted by Crippen LogP contribution is -2.24. The van der Waals surface area contributed by atoms with Gasteiger partial charge >= 0.3 is 0 Å². The number of hydrogen-bond acceptors (Lipinski definition) is 1. The summed E-state index contributed by atoms with van der Waals surface area (Å²) in [5.74, 6) is 0. The Balaban J connectivity index is 2.25. The van der Waals surface area contributed by atoms with Gasteiger partial charge in [-0.15, -0.1) is 0 Å². The molecule has 2 aromatic carbocycles. The second kappa shape index (κ2) is 8.33. The first-order valence-corrected chi connectivity index (χ1v) is 8.99. The monoisotopic (exact) mass is 429 g/mol. The van der Waals surface area contributed by atoms with Crippen LogP contribution in [0.4, 0.5) is 0 Å². The smallest absolute Gasteiger partial charge is 0.0410 e. The van der Waals surface area contributed by atoms with Crippen LogP contribution in [0.1, 0.15) is 30.5 Å². The summed E-state index contributed by atoms with van der Waals surface area (Å²) in [5, 5.41) is 4.39. The summed E-state index contributed by atoms with van der Waals surface area (Å²) in [4.78, 5) is 0. The van der Waals surface area contributed by atoms with Crippen molar-refractivity contribution in [3.63, 3.8) is 0 Å². The van der Waals surface area contributed by atoms with Crippen LogP contribution < -0.4 is 5.32 Å². The van der Waals surface area contributed by atoms with Gasteiger partial charge in [0.2, 0.25) is 0 Å². The maximum atomic E-state index is 6.16. The van der Waals surface area contributed by atoms with Crippen molar-refractivity contribution in [1.82, 2.24) is 5.32 Å². The van der Waals surface area contributed by atoms with Gasteiger partial charge in [-0.3, -0.25) is 0 Å². The molecule has 0 aromatic heterocycles. The molecule has 0 amide bonds. The highest BCUT2D eigenvalue weighted by Gasteiger charge is 2.15. The van der Waals surface area contributed by atoms with Crippen molar-refractivity contribution in [3.05, 3.63) is 67.6 Å². The molecule has 0 spiro atoms. The molecule has 0 aliphatic rings. The van der Waals surface area contributed by atoms with Gasteiger partial charge in [0.05, 0.1) is 0 Å². The Kier molecular flexibility index (Phi) is 6.74. The minimum Gasteiger partial charge on any atom is -0.310 e. The van der Waals surface area contributed by atoms with Gasteiger partial charge in [0, 0.05) is 20.0 Å². The summed E-state index contributed by atoms with van der Waals surface area (Å²) in [5.41, 5.74) is 2.51. The van der Waals surface area contributed by atoms with E-state index in [-0.39, 0.29) is 6.04 Å². The number of hydrogen-bond donors (Lipinski definition) is 1. The van der Waals surface area contributed by atoms with E-state index in [2.05, 4.69) is 68.4 Å². The van der Waals surface area contributed by atoms with Crippen LogP contribution >= 0.6 is 43.5 Å². The fourth-order valence-electron chi connectivity index (χ4n) is 2.25. The Bertz CT molecular complexity index is 584. The molecule has 0 bridgehead atoms. The molecule has 0 radical (unpaired) electrons. The lowest BCUT2D eigenvalue weighted by Gasteiger charge is -2.21. The Morgan fingerprint density at radius 1 is 1.10 bits per heavy atom. The highest BCUT2D eigenvalue weighted by atomic mass is 79.9. The first kappa shape index (κ1) is 17.0. The van der Waals surface area contributed by atoms with E-state index < -0.39 is 0 Å². The highest BCUT2D eigenvalue weighted by Crippen LogP contribution is 2.29. The van der Waals surface area contributed by atoms with Crippen LogP contribution in [-0.2, 0) is 6.42 Å². The third-order valence-electron chi connectivity index (χ3n) is 3.33. The van der Waals surface area contributed by atoms with Crippen molar-refractivity contribution in [1.29, 1.82) is 0 Å². The molecular weight excluding hydrogens is 413 g/mol. The maximum Gasteiger partial charge on any atom is 0.0410 e. The summed E-state index contributed by atoms with van der Waals surface area (Å²) in [6.45, 7) is 3.16. The summed E-state index contributed by atoms with van der Waals surface area (Å²) in [7, 11) is 0. The number of benzene rings is 2. The molecule has 0 aliphatic heterocycles. The first-order valence-electron chi connectivity index (χ1n) is 7.03. The predicted molar refractivity (Wildman–Crippen MR) is 98.0 cm³/mol. The molecule has 4 heteroatoms. The molecule has 112 valence electrons. The van der Waals surface area contributed by atoms with Crippen LogP contribution in [0.15, 0.2) is 51.4 Å². The number of halogens is 3. The minimum atomic E-state index is 0.249. The Morgan fingerprint density at radius 3 is 2.48 bits per heavy atom. The SMILES string of the molecule is CCCNC(Cc1ccc(Br)cc1)c1cc(Cl)ccc1Br. The summed E-state index contributed by atoms with van der Waals surface area (Å²) >= 11 is 13.3. The minimum absolute atomic E-state index is 0.249. The van der Waals surface area contributed by atoms with Crippen LogP contribution in [-0.4, -0.2) is 6.54 Å². The maximum absolute atomic E-state index is 6.16. The molecule has 1 atom stereocenters. The molecule has 1 unspecified atom stereocenters. The molecule has 0 aliphatic carbocycles. The van der Waals surface area contributed by atoms with Crippen LogP contribution in [0.2, 0.25) is 5.02 Å². The summed E-state index contributed by atoms with van der Waals surface area (Å²) < 4.78 is 2.20. The third-order valence-corrected chi connectivity index (χ3v) is 4.81. The zero-order valence-electron chi connectivity index (χ0n) is 11.9. The molecule has 2 aromatic rings. The molecule has 0 fully saturated rings. The molecule has 0 heterocycles. The standard InChI is InChI=1S/C17H18Br2ClN/c1-2-9-21-17(10-12-3-5-13(18)6-4-12)15-11-14(20)7-8-16(15)19/h3-8,11,17,21H,2,9-10H2,1H3. The van der Waals surface area contributed by atoms with Crippen molar-refractivity contribution in [2.24, 2.45) is 0 Å². The van der Waals surface area contributed by atoms with E-state index in [1.807, 2.05) is 18.2 Å². The Labute approximate surface area is 148 Å². The Morgan fingerprint density at radius 2 is 1.81 bits per heavy atom. The van der Waals surface area contributed by atoms with Crippen LogP contribution in [0.25, 0.3) is 0 Å². The van der Waals surface area contributed by atoms with Crippen molar-refractivity contribution in [2.45, 2.75) is 25.8 Å². The third kappa shape index (κ3) is 5.10. The summed E-state index contributed by atoms with van der Waals surface area (Å²) in [6.07, 6.45) is 2.04.